The summed E-state index contributed by atoms with van der Waals surface area (Å²) in [5, 5.41) is 0. The molecule has 0 aromatic carbocycles. The normalized spacial score (nSPS) is 23.6. The summed E-state index contributed by atoms with van der Waals surface area (Å²) >= 11 is 0. The Balaban J connectivity index is 1.72. The molecule has 0 bridgehead atoms. The van der Waals surface area contributed by atoms with E-state index in [1.165, 1.54) is 51.5 Å². The quantitative estimate of drug-likeness (QED) is 0.704. The molecule has 2 N–H and O–H groups in total. The molecule has 2 rings (SSSR count). The third kappa shape index (κ3) is 2.96. The Labute approximate surface area is 87.8 Å². The summed E-state index contributed by atoms with van der Waals surface area (Å²) in [5.74, 6) is 1.07. The average molecular weight is 196 g/mol. The zero-order valence-electron chi connectivity index (χ0n) is 9.25. The van der Waals surface area contributed by atoms with Crippen LogP contribution in [0.15, 0.2) is 0 Å². The van der Waals surface area contributed by atoms with E-state index in [-0.39, 0.29) is 0 Å². The fourth-order valence-corrected chi connectivity index (χ4v) is 2.67. The van der Waals surface area contributed by atoms with E-state index >= 15 is 0 Å². The van der Waals surface area contributed by atoms with E-state index in [9.17, 15) is 0 Å². The lowest BCUT2D eigenvalue weighted by Gasteiger charge is -2.28. The highest BCUT2D eigenvalue weighted by atomic mass is 15.2. The highest BCUT2D eigenvalue weighted by Crippen LogP contribution is 2.33. The van der Waals surface area contributed by atoms with Gasteiger partial charge in [-0.3, -0.25) is 4.90 Å². The molecule has 0 aromatic heterocycles. The Hall–Kier alpha value is -0.0800. The van der Waals surface area contributed by atoms with Gasteiger partial charge in [0.05, 0.1) is 0 Å². The van der Waals surface area contributed by atoms with Crippen LogP contribution in [-0.2, 0) is 0 Å². The first kappa shape index (κ1) is 10.4. The molecule has 2 saturated carbocycles. The molecule has 2 heteroatoms. The van der Waals surface area contributed by atoms with Gasteiger partial charge >= 0.3 is 0 Å². The molecule has 0 spiro atoms. The molecule has 2 aliphatic carbocycles. The number of nitrogens with two attached hydrogens (primary N) is 1. The Morgan fingerprint density at radius 3 is 2.29 bits per heavy atom. The van der Waals surface area contributed by atoms with Crippen LogP contribution in [0.1, 0.15) is 44.9 Å². The second kappa shape index (κ2) is 5.13. The summed E-state index contributed by atoms with van der Waals surface area (Å²) in [6.45, 7) is 3.27. The Kier molecular flexibility index (Phi) is 3.82. The van der Waals surface area contributed by atoms with Gasteiger partial charge in [0.2, 0.25) is 0 Å². The summed E-state index contributed by atoms with van der Waals surface area (Å²) in [5.41, 5.74) is 5.68. The first-order chi connectivity index (χ1) is 6.90. The molecule has 2 aliphatic rings. The van der Waals surface area contributed by atoms with Crippen LogP contribution in [0.5, 0.6) is 0 Å². The molecular weight excluding hydrogens is 172 g/mol. The van der Waals surface area contributed by atoms with Crippen molar-refractivity contribution < 1.29 is 0 Å². The van der Waals surface area contributed by atoms with Gasteiger partial charge in [0.25, 0.3) is 0 Å². The van der Waals surface area contributed by atoms with E-state index in [0.717, 1.165) is 25.0 Å². The molecular formula is C12H24N2. The summed E-state index contributed by atoms with van der Waals surface area (Å²) in [6.07, 6.45) is 10.1. The lowest BCUT2D eigenvalue weighted by atomic mass is 10.2. The maximum absolute atomic E-state index is 5.68. The molecule has 2 nitrogen and oxygen atoms in total. The standard InChI is InChI=1S/C12H24N2/c13-8-10-14(9-7-11-5-6-11)12-3-1-2-4-12/h11-12H,1-10,13H2. The van der Waals surface area contributed by atoms with Gasteiger partial charge < -0.3 is 5.73 Å². The zero-order chi connectivity index (χ0) is 9.80. The number of hydrogen-bond donors (Lipinski definition) is 1. The van der Waals surface area contributed by atoms with Gasteiger partial charge in [0, 0.05) is 19.1 Å². The molecule has 0 atom stereocenters. The zero-order valence-corrected chi connectivity index (χ0v) is 9.25. The second-order valence-corrected chi connectivity index (χ2v) is 4.99. The van der Waals surface area contributed by atoms with Crippen molar-refractivity contribution >= 4 is 0 Å². The third-order valence-electron chi connectivity index (χ3n) is 3.78. The summed E-state index contributed by atoms with van der Waals surface area (Å²) in [6, 6.07) is 0.872. The monoisotopic (exact) mass is 196 g/mol. The highest BCUT2D eigenvalue weighted by Gasteiger charge is 2.25. The first-order valence-electron chi connectivity index (χ1n) is 6.34. The van der Waals surface area contributed by atoms with Gasteiger partial charge in [-0.1, -0.05) is 25.7 Å². The predicted octanol–water partition coefficient (Wildman–Crippen LogP) is 1.99. The van der Waals surface area contributed by atoms with Gasteiger partial charge in [-0.15, -0.1) is 0 Å². The van der Waals surface area contributed by atoms with Gasteiger partial charge in [-0.25, -0.2) is 0 Å². The minimum absolute atomic E-state index is 0.834. The summed E-state index contributed by atoms with van der Waals surface area (Å²) in [7, 11) is 0. The fourth-order valence-electron chi connectivity index (χ4n) is 2.67. The lowest BCUT2D eigenvalue weighted by Crippen LogP contribution is -2.38. The molecule has 0 saturated heterocycles. The van der Waals surface area contributed by atoms with Crippen LogP contribution in [-0.4, -0.2) is 30.6 Å². The number of hydrogen-bond acceptors (Lipinski definition) is 2. The van der Waals surface area contributed by atoms with Crippen LogP contribution in [0.25, 0.3) is 0 Å². The molecule has 0 heterocycles. The fraction of sp³-hybridized carbons (Fsp3) is 1.00. The second-order valence-electron chi connectivity index (χ2n) is 4.99. The predicted molar refractivity (Wildman–Crippen MR) is 60.2 cm³/mol. The van der Waals surface area contributed by atoms with Crippen LogP contribution in [0.3, 0.4) is 0 Å². The molecule has 0 radical (unpaired) electrons. The Morgan fingerprint density at radius 2 is 1.71 bits per heavy atom. The van der Waals surface area contributed by atoms with E-state index < -0.39 is 0 Å². The molecule has 14 heavy (non-hydrogen) atoms. The average Bonchev–Trinajstić information content (AvgIpc) is 2.86. The maximum Gasteiger partial charge on any atom is 0.0108 e. The van der Waals surface area contributed by atoms with Gasteiger partial charge in [0.15, 0.2) is 0 Å². The molecule has 0 aromatic rings. The maximum atomic E-state index is 5.68. The first-order valence-corrected chi connectivity index (χ1v) is 6.34. The van der Waals surface area contributed by atoms with E-state index in [1.807, 2.05) is 0 Å². The van der Waals surface area contributed by atoms with Crippen molar-refractivity contribution in [3.8, 4) is 0 Å². The summed E-state index contributed by atoms with van der Waals surface area (Å²) in [4.78, 5) is 2.66. The summed E-state index contributed by atoms with van der Waals surface area (Å²) < 4.78 is 0. The van der Waals surface area contributed by atoms with Gasteiger partial charge in [-0.2, -0.15) is 0 Å². The minimum Gasteiger partial charge on any atom is -0.329 e. The molecule has 0 aliphatic heterocycles. The molecule has 0 unspecified atom stereocenters. The van der Waals surface area contributed by atoms with E-state index in [2.05, 4.69) is 4.90 Å². The topological polar surface area (TPSA) is 29.3 Å². The van der Waals surface area contributed by atoms with Crippen LogP contribution in [0.4, 0.5) is 0 Å². The third-order valence-corrected chi connectivity index (χ3v) is 3.78. The molecule has 82 valence electrons. The van der Waals surface area contributed by atoms with Crippen molar-refractivity contribution in [3.05, 3.63) is 0 Å². The van der Waals surface area contributed by atoms with Crippen molar-refractivity contribution in [2.75, 3.05) is 19.6 Å². The van der Waals surface area contributed by atoms with Crippen molar-refractivity contribution in [1.82, 2.24) is 4.90 Å². The van der Waals surface area contributed by atoms with Crippen LogP contribution >= 0.6 is 0 Å². The smallest absolute Gasteiger partial charge is 0.0108 e. The van der Waals surface area contributed by atoms with E-state index in [0.29, 0.717) is 0 Å². The van der Waals surface area contributed by atoms with Crippen molar-refractivity contribution in [2.45, 2.75) is 51.0 Å². The minimum atomic E-state index is 0.834. The van der Waals surface area contributed by atoms with Crippen LogP contribution < -0.4 is 5.73 Å². The molecule has 2 fully saturated rings. The lowest BCUT2D eigenvalue weighted by molar-refractivity contribution is 0.198. The van der Waals surface area contributed by atoms with E-state index in [1.54, 1.807) is 0 Å². The Morgan fingerprint density at radius 1 is 1.00 bits per heavy atom. The number of rotatable bonds is 6. The largest absolute Gasteiger partial charge is 0.329 e. The van der Waals surface area contributed by atoms with E-state index in [4.69, 9.17) is 5.73 Å². The number of nitrogens with zero attached hydrogens (tertiary/aromatic N) is 1. The van der Waals surface area contributed by atoms with Crippen molar-refractivity contribution in [1.29, 1.82) is 0 Å². The van der Waals surface area contributed by atoms with Crippen molar-refractivity contribution in [2.24, 2.45) is 11.7 Å². The van der Waals surface area contributed by atoms with Crippen molar-refractivity contribution in [3.63, 3.8) is 0 Å². The highest BCUT2D eigenvalue weighted by molar-refractivity contribution is 4.80. The SMILES string of the molecule is NCCN(CCC1CC1)C1CCCC1. The Bertz CT molecular complexity index is 160. The van der Waals surface area contributed by atoms with Gasteiger partial charge in [-0.05, 0) is 31.7 Å². The van der Waals surface area contributed by atoms with Crippen LogP contribution in [0, 0.1) is 5.92 Å². The molecule has 0 amide bonds. The van der Waals surface area contributed by atoms with Crippen LogP contribution in [0.2, 0.25) is 0 Å². The van der Waals surface area contributed by atoms with Gasteiger partial charge in [0.1, 0.15) is 0 Å².